The fourth-order valence-corrected chi connectivity index (χ4v) is 5.28. The summed E-state index contributed by atoms with van der Waals surface area (Å²) in [6, 6.07) is 5.83. The summed E-state index contributed by atoms with van der Waals surface area (Å²) in [4.78, 5) is 28.8. The number of ether oxygens (including phenoxy) is 1. The summed E-state index contributed by atoms with van der Waals surface area (Å²) in [5, 5.41) is 3.24. The SMILES string of the molecule is COc1ccc(N2CCN(C)CC2)cc1Nc1ncc2c(n1)N(C1CCCC1)CC(F)(F)C(=O)N2C. The first-order valence-electron chi connectivity index (χ1n) is 12.4. The molecule has 194 valence electrons. The monoisotopic (exact) mass is 501 g/mol. The van der Waals surface area contributed by atoms with Gasteiger partial charge in [0.2, 0.25) is 5.95 Å². The third kappa shape index (κ3) is 4.63. The normalized spacial score (nSPS) is 20.9. The van der Waals surface area contributed by atoms with Crippen LogP contribution in [-0.2, 0) is 4.79 Å². The van der Waals surface area contributed by atoms with Crippen LogP contribution < -0.4 is 24.8 Å². The summed E-state index contributed by atoms with van der Waals surface area (Å²) in [6.45, 7) is 3.12. The number of aromatic nitrogens is 2. The second kappa shape index (κ2) is 9.68. The zero-order chi connectivity index (χ0) is 25.4. The van der Waals surface area contributed by atoms with Crippen molar-refractivity contribution >= 4 is 34.7 Å². The molecule has 1 amide bonds. The highest BCUT2D eigenvalue weighted by Crippen LogP contribution is 2.40. The van der Waals surface area contributed by atoms with Crippen molar-refractivity contribution in [2.75, 3.05) is 73.9 Å². The van der Waals surface area contributed by atoms with E-state index in [0.29, 0.717) is 17.3 Å². The molecule has 2 fully saturated rings. The van der Waals surface area contributed by atoms with Gasteiger partial charge in [0.15, 0.2) is 5.82 Å². The molecule has 5 rings (SSSR count). The van der Waals surface area contributed by atoms with E-state index in [1.807, 2.05) is 18.2 Å². The fourth-order valence-electron chi connectivity index (χ4n) is 5.28. The van der Waals surface area contributed by atoms with Gasteiger partial charge in [-0.2, -0.15) is 13.8 Å². The number of benzene rings is 1. The van der Waals surface area contributed by atoms with Crippen LogP contribution in [0.5, 0.6) is 5.75 Å². The number of rotatable bonds is 5. The van der Waals surface area contributed by atoms with E-state index in [4.69, 9.17) is 4.74 Å². The van der Waals surface area contributed by atoms with Gasteiger partial charge in [0.05, 0.1) is 25.5 Å². The van der Waals surface area contributed by atoms with Crippen LogP contribution in [0.3, 0.4) is 0 Å². The van der Waals surface area contributed by atoms with Crippen molar-refractivity contribution in [3.8, 4) is 5.75 Å². The topological polar surface area (TPSA) is 77.1 Å². The van der Waals surface area contributed by atoms with Gasteiger partial charge >= 0.3 is 5.92 Å². The second-order valence-corrected chi connectivity index (χ2v) is 9.84. The van der Waals surface area contributed by atoms with Crippen LogP contribution in [0.15, 0.2) is 24.4 Å². The minimum absolute atomic E-state index is 0.0910. The van der Waals surface area contributed by atoms with Crippen molar-refractivity contribution in [3.05, 3.63) is 24.4 Å². The summed E-state index contributed by atoms with van der Waals surface area (Å²) < 4.78 is 35.3. The van der Waals surface area contributed by atoms with Crippen LogP contribution in [0.4, 0.5) is 37.6 Å². The Bertz CT molecular complexity index is 1120. The predicted molar refractivity (Wildman–Crippen MR) is 136 cm³/mol. The summed E-state index contributed by atoms with van der Waals surface area (Å²) in [5.74, 6) is -3.52. The molecule has 1 aromatic heterocycles. The zero-order valence-electron chi connectivity index (χ0n) is 21.0. The molecule has 3 aliphatic rings. The molecule has 0 atom stereocenters. The molecular weight excluding hydrogens is 468 g/mol. The molecule has 1 N–H and O–H groups in total. The molecule has 0 radical (unpaired) electrons. The van der Waals surface area contributed by atoms with Gasteiger partial charge in [0, 0.05) is 45.0 Å². The Hall–Kier alpha value is -3.21. The minimum Gasteiger partial charge on any atom is -0.495 e. The number of carbonyl (C=O) groups is 1. The Morgan fingerprint density at radius 1 is 1.11 bits per heavy atom. The van der Waals surface area contributed by atoms with Crippen molar-refractivity contribution in [3.63, 3.8) is 0 Å². The maximum Gasteiger partial charge on any atom is 0.342 e. The van der Waals surface area contributed by atoms with Crippen molar-refractivity contribution in [1.82, 2.24) is 14.9 Å². The lowest BCUT2D eigenvalue weighted by molar-refractivity contribution is -0.140. The highest BCUT2D eigenvalue weighted by Gasteiger charge is 2.48. The van der Waals surface area contributed by atoms with Gasteiger partial charge in [-0.25, -0.2) is 4.98 Å². The van der Waals surface area contributed by atoms with E-state index < -0.39 is 18.4 Å². The fraction of sp³-hybridized carbons (Fsp3) is 0.560. The maximum absolute atomic E-state index is 14.8. The predicted octanol–water partition coefficient (Wildman–Crippen LogP) is 3.34. The van der Waals surface area contributed by atoms with E-state index >= 15 is 0 Å². The van der Waals surface area contributed by atoms with E-state index in [1.54, 1.807) is 12.0 Å². The molecule has 3 heterocycles. The number of nitrogens with zero attached hydrogens (tertiary/aromatic N) is 6. The van der Waals surface area contributed by atoms with E-state index in [9.17, 15) is 13.6 Å². The van der Waals surface area contributed by atoms with Gasteiger partial charge in [-0.1, -0.05) is 12.8 Å². The molecule has 0 bridgehead atoms. The molecule has 9 nitrogen and oxygen atoms in total. The first-order chi connectivity index (χ1) is 17.3. The summed E-state index contributed by atoms with van der Waals surface area (Å²) in [5.41, 5.74) is 2.02. The smallest absolute Gasteiger partial charge is 0.342 e. The third-order valence-electron chi connectivity index (χ3n) is 7.43. The number of carbonyl (C=O) groups excluding carboxylic acids is 1. The van der Waals surface area contributed by atoms with Gasteiger partial charge in [-0.05, 0) is 38.1 Å². The average molecular weight is 502 g/mol. The lowest BCUT2D eigenvalue weighted by Gasteiger charge is -2.34. The number of amides is 1. The Morgan fingerprint density at radius 3 is 2.53 bits per heavy atom. The zero-order valence-corrected chi connectivity index (χ0v) is 21.0. The van der Waals surface area contributed by atoms with E-state index in [2.05, 4.69) is 32.1 Å². The molecular formula is C25H33F2N7O2. The number of halogens is 2. The number of anilines is 5. The van der Waals surface area contributed by atoms with E-state index in [-0.39, 0.29) is 17.7 Å². The number of hydrogen-bond donors (Lipinski definition) is 1. The van der Waals surface area contributed by atoms with Crippen LogP contribution in [0.1, 0.15) is 25.7 Å². The van der Waals surface area contributed by atoms with Crippen LogP contribution in [0, 0.1) is 0 Å². The lowest BCUT2D eigenvalue weighted by Crippen LogP contribution is -2.48. The van der Waals surface area contributed by atoms with Crippen LogP contribution in [0.25, 0.3) is 0 Å². The van der Waals surface area contributed by atoms with Crippen molar-refractivity contribution < 1.29 is 18.3 Å². The van der Waals surface area contributed by atoms with Crippen LogP contribution >= 0.6 is 0 Å². The number of nitrogens with one attached hydrogen (secondary N) is 1. The highest BCUT2D eigenvalue weighted by atomic mass is 19.3. The molecule has 11 heteroatoms. The average Bonchev–Trinajstić information content (AvgIpc) is 3.39. The second-order valence-electron chi connectivity index (χ2n) is 9.84. The molecule has 1 saturated carbocycles. The molecule has 36 heavy (non-hydrogen) atoms. The Balaban J connectivity index is 1.49. The van der Waals surface area contributed by atoms with Gasteiger partial charge in [-0.15, -0.1) is 0 Å². The summed E-state index contributed by atoms with van der Waals surface area (Å²) >= 11 is 0. The Kier molecular flexibility index (Phi) is 6.59. The molecule has 2 aliphatic heterocycles. The Morgan fingerprint density at radius 2 is 1.83 bits per heavy atom. The highest BCUT2D eigenvalue weighted by molar-refractivity contribution is 6.02. The van der Waals surface area contributed by atoms with Gasteiger partial charge < -0.3 is 29.7 Å². The number of alkyl halides is 2. The number of piperazine rings is 1. The van der Waals surface area contributed by atoms with Gasteiger partial charge in [0.1, 0.15) is 11.4 Å². The molecule has 0 unspecified atom stereocenters. The number of hydrogen-bond acceptors (Lipinski definition) is 8. The van der Waals surface area contributed by atoms with Gasteiger partial charge in [0.25, 0.3) is 5.91 Å². The van der Waals surface area contributed by atoms with Crippen molar-refractivity contribution in [1.29, 1.82) is 0 Å². The number of likely N-dealkylation sites (N-methyl/N-ethyl adjacent to an activating group) is 1. The molecule has 2 aromatic rings. The minimum atomic E-state index is -3.51. The molecule has 0 spiro atoms. The maximum atomic E-state index is 14.8. The van der Waals surface area contributed by atoms with E-state index in [1.165, 1.54) is 13.2 Å². The number of fused-ring (bicyclic) bond motifs is 1. The third-order valence-corrected chi connectivity index (χ3v) is 7.43. The quantitative estimate of drug-likeness (QED) is 0.669. The summed E-state index contributed by atoms with van der Waals surface area (Å²) in [7, 11) is 5.06. The number of methoxy groups -OCH3 is 1. The first-order valence-corrected chi connectivity index (χ1v) is 12.4. The van der Waals surface area contributed by atoms with Crippen molar-refractivity contribution in [2.45, 2.75) is 37.6 Å². The first kappa shape index (κ1) is 24.5. The van der Waals surface area contributed by atoms with Crippen LogP contribution in [0.2, 0.25) is 0 Å². The molecule has 1 aromatic carbocycles. The Labute approximate surface area is 210 Å². The molecule has 1 aliphatic carbocycles. The molecule has 1 saturated heterocycles. The lowest BCUT2D eigenvalue weighted by atomic mass is 10.2. The van der Waals surface area contributed by atoms with Gasteiger partial charge in [-0.3, -0.25) is 4.79 Å². The van der Waals surface area contributed by atoms with E-state index in [0.717, 1.165) is 62.4 Å². The largest absolute Gasteiger partial charge is 0.495 e. The van der Waals surface area contributed by atoms with Crippen molar-refractivity contribution in [2.24, 2.45) is 0 Å². The van der Waals surface area contributed by atoms with Crippen LogP contribution in [-0.4, -0.2) is 86.7 Å². The standard InChI is InChI=1S/C25H33F2N7O2/c1-31-10-12-33(13-11-31)18-8-9-21(36-3)19(14-18)29-24-28-15-20-22(30-24)34(17-6-4-5-7-17)16-25(26,27)23(35)32(20)2/h8-9,14-15,17H,4-7,10-13,16H2,1-3H3,(H,28,29,30). The summed E-state index contributed by atoms with van der Waals surface area (Å²) in [6.07, 6.45) is 4.97.